The van der Waals surface area contributed by atoms with E-state index in [-0.39, 0.29) is 6.61 Å². The Morgan fingerprint density at radius 3 is 1.58 bits per heavy atom. The minimum absolute atomic E-state index is 0.189. The Bertz CT molecular complexity index is 178. The maximum atomic E-state index is 10.1. The van der Waals surface area contributed by atoms with E-state index in [1.54, 1.807) is 0 Å². The Balaban J connectivity index is 3.21. The standard InChI is InChI=1S/C17H36O2/c1-3-4-5-6-7-8-9-10-11-12-14-17(2,19)15-13-16-18/h18-19H,3-16H2,1-2H3. The molecule has 0 aliphatic carbocycles. The molecule has 1 atom stereocenters. The summed E-state index contributed by atoms with van der Waals surface area (Å²) in [5, 5.41) is 18.8. The SMILES string of the molecule is CCCCCCCCCCCCC(C)(O)CCCO. The lowest BCUT2D eigenvalue weighted by molar-refractivity contribution is 0.0326. The summed E-state index contributed by atoms with van der Waals surface area (Å²) < 4.78 is 0. The maximum absolute atomic E-state index is 10.1. The molecule has 0 heterocycles. The van der Waals surface area contributed by atoms with Crippen LogP contribution >= 0.6 is 0 Å². The molecular formula is C17H36O2. The molecular weight excluding hydrogens is 236 g/mol. The number of unbranched alkanes of at least 4 members (excludes halogenated alkanes) is 9. The molecule has 2 nitrogen and oxygen atoms in total. The largest absolute Gasteiger partial charge is 0.396 e. The van der Waals surface area contributed by atoms with Crippen LogP contribution in [-0.4, -0.2) is 22.4 Å². The van der Waals surface area contributed by atoms with E-state index < -0.39 is 5.60 Å². The van der Waals surface area contributed by atoms with Gasteiger partial charge in [-0.25, -0.2) is 0 Å². The first kappa shape index (κ1) is 18.9. The van der Waals surface area contributed by atoms with Crippen LogP contribution in [-0.2, 0) is 0 Å². The molecule has 2 N–H and O–H groups in total. The van der Waals surface area contributed by atoms with Gasteiger partial charge in [-0.3, -0.25) is 0 Å². The molecule has 0 aliphatic heterocycles. The molecule has 0 aromatic carbocycles. The van der Waals surface area contributed by atoms with Crippen LogP contribution in [0.1, 0.15) is 97.3 Å². The number of hydrogen-bond donors (Lipinski definition) is 2. The molecule has 2 heteroatoms. The molecule has 0 bridgehead atoms. The predicted octanol–water partition coefficient (Wildman–Crippen LogP) is 4.82. The van der Waals surface area contributed by atoms with Gasteiger partial charge in [0, 0.05) is 6.61 Å². The summed E-state index contributed by atoms with van der Waals surface area (Å²) in [5.74, 6) is 0. The van der Waals surface area contributed by atoms with Crippen LogP contribution in [0.15, 0.2) is 0 Å². The summed E-state index contributed by atoms with van der Waals surface area (Å²) in [6.07, 6.45) is 15.6. The molecule has 116 valence electrons. The molecule has 0 aromatic rings. The lowest BCUT2D eigenvalue weighted by Crippen LogP contribution is -2.24. The monoisotopic (exact) mass is 272 g/mol. The van der Waals surface area contributed by atoms with Crippen molar-refractivity contribution in [2.75, 3.05) is 6.61 Å². The predicted molar refractivity (Wildman–Crippen MR) is 83.4 cm³/mol. The Labute approximate surface area is 120 Å². The third-order valence-electron chi connectivity index (χ3n) is 3.94. The zero-order valence-corrected chi connectivity index (χ0v) is 13.3. The fraction of sp³-hybridized carbons (Fsp3) is 1.00. The van der Waals surface area contributed by atoms with Crippen molar-refractivity contribution in [3.8, 4) is 0 Å². The Hall–Kier alpha value is -0.0800. The second-order valence-corrected chi connectivity index (χ2v) is 6.26. The van der Waals surface area contributed by atoms with Crippen LogP contribution in [0.4, 0.5) is 0 Å². The van der Waals surface area contributed by atoms with Crippen molar-refractivity contribution in [3.63, 3.8) is 0 Å². The highest BCUT2D eigenvalue weighted by molar-refractivity contribution is 4.72. The van der Waals surface area contributed by atoms with Gasteiger partial charge < -0.3 is 10.2 Å². The molecule has 0 fully saturated rings. The molecule has 0 radical (unpaired) electrons. The third kappa shape index (κ3) is 14.1. The Morgan fingerprint density at radius 2 is 1.11 bits per heavy atom. The smallest absolute Gasteiger partial charge is 0.0620 e. The van der Waals surface area contributed by atoms with Gasteiger partial charge in [-0.2, -0.15) is 0 Å². The molecule has 0 saturated heterocycles. The van der Waals surface area contributed by atoms with Crippen molar-refractivity contribution >= 4 is 0 Å². The number of aliphatic hydroxyl groups excluding tert-OH is 1. The van der Waals surface area contributed by atoms with Crippen LogP contribution in [0.3, 0.4) is 0 Å². The van der Waals surface area contributed by atoms with Crippen LogP contribution in [0, 0.1) is 0 Å². The van der Waals surface area contributed by atoms with Crippen molar-refractivity contribution < 1.29 is 10.2 Å². The molecule has 0 spiro atoms. The highest BCUT2D eigenvalue weighted by atomic mass is 16.3. The Morgan fingerprint density at radius 1 is 0.684 bits per heavy atom. The molecule has 0 amide bonds. The van der Waals surface area contributed by atoms with Gasteiger partial charge in [0.2, 0.25) is 0 Å². The van der Waals surface area contributed by atoms with E-state index in [0.717, 1.165) is 19.3 Å². The first-order chi connectivity index (χ1) is 9.12. The summed E-state index contributed by atoms with van der Waals surface area (Å²) >= 11 is 0. The van der Waals surface area contributed by atoms with Crippen molar-refractivity contribution in [3.05, 3.63) is 0 Å². The first-order valence-electron chi connectivity index (χ1n) is 8.45. The van der Waals surface area contributed by atoms with Crippen molar-refractivity contribution in [1.29, 1.82) is 0 Å². The second-order valence-electron chi connectivity index (χ2n) is 6.26. The van der Waals surface area contributed by atoms with E-state index in [4.69, 9.17) is 5.11 Å². The zero-order chi connectivity index (χ0) is 14.4. The van der Waals surface area contributed by atoms with Crippen LogP contribution in [0.25, 0.3) is 0 Å². The van der Waals surface area contributed by atoms with E-state index in [9.17, 15) is 5.11 Å². The van der Waals surface area contributed by atoms with E-state index >= 15 is 0 Å². The van der Waals surface area contributed by atoms with Crippen LogP contribution in [0.5, 0.6) is 0 Å². The molecule has 0 aromatic heterocycles. The summed E-state index contributed by atoms with van der Waals surface area (Å²) in [4.78, 5) is 0. The van der Waals surface area contributed by atoms with Crippen LogP contribution in [0.2, 0.25) is 0 Å². The van der Waals surface area contributed by atoms with Crippen molar-refractivity contribution in [1.82, 2.24) is 0 Å². The average molecular weight is 272 g/mol. The molecule has 1 unspecified atom stereocenters. The fourth-order valence-corrected chi connectivity index (χ4v) is 2.58. The van der Waals surface area contributed by atoms with E-state index in [2.05, 4.69) is 6.92 Å². The molecule has 0 saturated carbocycles. The zero-order valence-electron chi connectivity index (χ0n) is 13.3. The lowest BCUT2D eigenvalue weighted by Gasteiger charge is -2.22. The van der Waals surface area contributed by atoms with Gasteiger partial charge in [-0.15, -0.1) is 0 Å². The quantitative estimate of drug-likeness (QED) is 0.445. The summed E-state index contributed by atoms with van der Waals surface area (Å²) in [6, 6.07) is 0. The lowest BCUT2D eigenvalue weighted by atomic mass is 9.93. The minimum Gasteiger partial charge on any atom is -0.396 e. The average Bonchev–Trinajstić information content (AvgIpc) is 2.38. The maximum Gasteiger partial charge on any atom is 0.0620 e. The Kier molecular flexibility index (Phi) is 12.9. The highest BCUT2D eigenvalue weighted by Gasteiger charge is 2.18. The van der Waals surface area contributed by atoms with Crippen LogP contribution < -0.4 is 0 Å². The summed E-state index contributed by atoms with van der Waals surface area (Å²) in [7, 11) is 0. The van der Waals surface area contributed by atoms with Gasteiger partial charge in [0.25, 0.3) is 0 Å². The van der Waals surface area contributed by atoms with Gasteiger partial charge in [-0.1, -0.05) is 71.1 Å². The number of aliphatic hydroxyl groups is 2. The molecule has 0 aliphatic rings. The van der Waals surface area contributed by atoms with E-state index in [1.807, 2.05) is 6.92 Å². The summed E-state index contributed by atoms with van der Waals surface area (Å²) in [5.41, 5.74) is -0.567. The van der Waals surface area contributed by atoms with Gasteiger partial charge in [-0.05, 0) is 26.2 Å². The second kappa shape index (κ2) is 12.9. The van der Waals surface area contributed by atoms with Crippen molar-refractivity contribution in [2.24, 2.45) is 0 Å². The minimum atomic E-state index is -0.567. The number of rotatable bonds is 14. The van der Waals surface area contributed by atoms with Gasteiger partial charge in [0.1, 0.15) is 0 Å². The summed E-state index contributed by atoms with van der Waals surface area (Å²) in [6.45, 7) is 4.35. The molecule has 19 heavy (non-hydrogen) atoms. The third-order valence-corrected chi connectivity index (χ3v) is 3.94. The molecule has 0 rings (SSSR count). The fourth-order valence-electron chi connectivity index (χ4n) is 2.58. The topological polar surface area (TPSA) is 40.5 Å². The number of hydrogen-bond acceptors (Lipinski definition) is 2. The van der Waals surface area contributed by atoms with Gasteiger partial charge >= 0.3 is 0 Å². The van der Waals surface area contributed by atoms with Gasteiger partial charge in [0.15, 0.2) is 0 Å². The van der Waals surface area contributed by atoms with Gasteiger partial charge in [0.05, 0.1) is 5.60 Å². The van der Waals surface area contributed by atoms with Crippen molar-refractivity contribution in [2.45, 2.75) is 103 Å². The first-order valence-corrected chi connectivity index (χ1v) is 8.45. The highest BCUT2D eigenvalue weighted by Crippen LogP contribution is 2.20. The van der Waals surface area contributed by atoms with E-state index in [1.165, 1.54) is 57.8 Å². The normalized spacial score (nSPS) is 14.5. The van der Waals surface area contributed by atoms with E-state index in [0.29, 0.717) is 6.42 Å².